The molecule has 104 valence electrons. The molecule has 0 aliphatic carbocycles. The van der Waals surface area contributed by atoms with Crippen LogP contribution >= 0.6 is 0 Å². The fraction of sp³-hybridized carbons (Fsp3) is 0.125. The average molecular weight is 280 g/mol. The number of halogens is 1. The molecule has 1 aliphatic heterocycles. The maximum absolute atomic E-state index is 13.1. The lowest BCUT2D eigenvalue weighted by molar-refractivity contribution is 0.627. The van der Waals surface area contributed by atoms with Gasteiger partial charge in [0.25, 0.3) is 0 Å². The molecule has 3 aromatic rings. The van der Waals surface area contributed by atoms with Crippen LogP contribution in [0.25, 0.3) is 5.69 Å². The summed E-state index contributed by atoms with van der Waals surface area (Å²) in [4.78, 5) is 2.19. The van der Waals surface area contributed by atoms with Crippen molar-refractivity contribution in [2.45, 2.75) is 13.1 Å². The van der Waals surface area contributed by atoms with Crippen LogP contribution in [0.3, 0.4) is 0 Å². The Kier molecular flexibility index (Phi) is 2.70. The van der Waals surface area contributed by atoms with Gasteiger partial charge in [-0.2, -0.15) is 0 Å². The van der Waals surface area contributed by atoms with Gasteiger partial charge in [-0.1, -0.05) is 23.4 Å². The van der Waals surface area contributed by atoms with E-state index in [1.54, 1.807) is 18.3 Å². The van der Waals surface area contributed by atoms with Crippen molar-refractivity contribution in [3.63, 3.8) is 0 Å². The van der Waals surface area contributed by atoms with Gasteiger partial charge in [0.1, 0.15) is 5.82 Å². The molecule has 0 amide bonds. The van der Waals surface area contributed by atoms with E-state index in [0.717, 1.165) is 23.6 Å². The van der Waals surface area contributed by atoms with E-state index in [-0.39, 0.29) is 5.82 Å². The van der Waals surface area contributed by atoms with E-state index in [2.05, 4.69) is 21.3 Å². The lowest BCUT2D eigenvalue weighted by atomic mass is 10.1. The van der Waals surface area contributed by atoms with Crippen LogP contribution in [0.15, 0.2) is 54.7 Å². The van der Waals surface area contributed by atoms with Crippen LogP contribution in [0, 0.1) is 5.82 Å². The van der Waals surface area contributed by atoms with Crippen molar-refractivity contribution >= 4 is 5.69 Å². The molecular formula is C16H13FN4. The van der Waals surface area contributed by atoms with Gasteiger partial charge < -0.3 is 4.90 Å². The minimum Gasteiger partial charge on any atom is -0.361 e. The SMILES string of the molecule is Fc1ccc(N2Cc3ccccc3-n3nncc3C2)cc1. The number of para-hydroxylation sites is 1. The molecule has 0 saturated carbocycles. The highest BCUT2D eigenvalue weighted by Crippen LogP contribution is 2.27. The number of rotatable bonds is 1. The molecule has 0 bridgehead atoms. The molecule has 2 aromatic carbocycles. The summed E-state index contributed by atoms with van der Waals surface area (Å²) in [7, 11) is 0. The zero-order valence-electron chi connectivity index (χ0n) is 11.3. The van der Waals surface area contributed by atoms with Gasteiger partial charge in [-0.05, 0) is 35.9 Å². The molecule has 21 heavy (non-hydrogen) atoms. The van der Waals surface area contributed by atoms with Gasteiger partial charge in [0, 0.05) is 12.2 Å². The van der Waals surface area contributed by atoms with E-state index in [1.165, 1.54) is 17.7 Å². The van der Waals surface area contributed by atoms with Crippen molar-refractivity contribution in [1.29, 1.82) is 0 Å². The van der Waals surface area contributed by atoms with E-state index >= 15 is 0 Å². The molecule has 4 rings (SSSR count). The van der Waals surface area contributed by atoms with Gasteiger partial charge in [-0.15, -0.1) is 5.10 Å². The smallest absolute Gasteiger partial charge is 0.123 e. The van der Waals surface area contributed by atoms with Crippen LogP contribution < -0.4 is 4.90 Å². The van der Waals surface area contributed by atoms with E-state index in [9.17, 15) is 4.39 Å². The number of hydrogen-bond acceptors (Lipinski definition) is 3. The maximum atomic E-state index is 13.1. The second-order valence-electron chi connectivity index (χ2n) is 5.10. The fourth-order valence-corrected chi connectivity index (χ4v) is 2.71. The first kappa shape index (κ1) is 12.1. The van der Waals surface area contributed by atoms with Gasteiger partial charge in [0.05, 0.1) is 24.1 Å². The second-order valence-corrected chi connectivity index (χ2v) is 5.10. The summed E-state index contributed by atoms with van der Waals surface area (Å²) in [5.74, 6) is -0.222. The third-order valence-corrected chi connectivity index (χ3v) is 3.75. The molecule has 4 nitrogen and oxygen atoms in total. The highest BCUT2D eigenvalue weighted by atomic mass is 19.1. The Bertz CT molecular complexity index is 779. The molecule has 0 radical (unpaired) electrons. The van der Waals surface area contributed by atoms with Crippen LogP contribution in [-0.2, 0) is 13.1 Å². The Morgan fingerprint density at radius 2 is 1.76 bits per heavy atom. The first-order chi connectivity index (χ1) is 10.3. The van der Waals surface area contributed by atoms with Gasteiger partial charge in [-0.25, -0.2) is 9.07 Å². The van der Waals surface area contributed by atoms with Crippen molar-refractivity contribution in [2.24, 2.45) is 0 Å². The van der Waals surface area contributed by atoms with E-state index < -0.39 is 0 Å². The largest absolute Gasteiger partial charge is 0.361 e. The summed E-state index contributed by atoms with van der Waals surface area (Å²) in [6.45, 7) is 1.44. The molecule has 0 atom stereocenters. The summed E-state index contributed by atoms with van der Waals surface area (Å²) in [6.07, 6.45) is 1.78. The summed E-state index contributed by atoms with van der Waals surface area (Å²) in [6, 6.07) is 14.7. The van der Waals surface area contributed by atoms with Crippen molar-refractivity contribution in [2.75, 3.05) is 4.90 Å². The normalized spacial score (nSPS) is 13.5. The standard InChI is InChI=1S/C16H13FN4/c17-13-5-7-14(8-6-13)20-10-12-3-1-2-4-16(12)21-15(11-20)9-18-19-21/h1-9H,10-11H2. The molecule has 0 unspecified atom stereocenters. The van der Waals surface area contributed by atoms with Gasteiger partial charge in [0.2, 0.25) is 0 Å². The third-order valence-electron chi connectivity index (χ3n) is 3.75. The van der Waals surface area contributed by atoms with Gasteiger partial charge >= 0.3 is 0 Å². The average Bonchev–Trinajstić information content (AvgIpc) is 2.90. The minimum atomic E-state index is -0.222. The summed E-state index contributed by atoms with van der Waals surface area (Å²) in [5.41, 5.74) is 4.23. The molecule has 2 heterocycles. The Labute approximate surface area is 121 Å². The minimum absolute atomic E-state index is 0.222. The molecule has 0 N–H and O–H groups in total. The molecule has 0 fully saturated rings. The number of nitrogens with zero attached hydrogens (tertiary/aromatic N) is 4. The molecule has 1 aliphatic rings. The van der Waals surface area contributed by atoms with Crippen LogP contribution in [0.1, 0.15) is 11.3 Å². The molecule has 0 saturated heterocycles. The highest BCUT2D eigenvalue weighted by molar-refractivity contribution is 5.52. The molecule has 5 heteroatoms. The van der Waals surface area contributed by atoms with Crippen molar-refractivity contribution in [3.05, 3.63) is 71.8 Å². The van der Waals surface area contributed by atoms with E-state index in [1.807, 2.05) is 22.9 Å². The predicted octanol–water partition coefficient (Wildman–Crippen LogP) is 2.93. The molecular weight excluding hydrogens is 267 g/mol. The summed E-state index contributed by atoms with van der Waals surface area (Å²) in [5, 5.41) is 8.19. The number of anilines is 1. The lowest BCUT2D eigenvalue weighted by Crippen LogP contribution is -2.20. The van der Waals surface area contributed by atoms with Crippen LogP contribution in [0.5, 0.6) is 0 Å². The quantitative estimate of drug-likeness (QED) is 0.687. The summed E-state index contributed by atoms with van der Waals surface area (Å²) < 4.78 is 15.0. The second kappa shape index (κ2) is 4.70. The van der Waals surface area contributed by atoms with E-state index in [4.69, 9.17) is 0 Å². The van der Waals surface area contributed by atoms with Gasteiger partial charge in [0.15, 0.2) is 0 Å². The van der Waals surface area contributed by atoms with Crippen LogP contribution in [0.2, 0.25) is 0 Å². The zero-order chi connectivity index (χ0) is 14.2. The Morgan fingerprint density at radius 1 is 0.952 bits per heavy atom. The Balaban J connectivity index is 1.82. The Morgan fingerprint density at radius 3 is 2.62 bits per heavy atom. The van der Waals surface area contributed by atoms with Gasteiger partial charge in [-0.3, -0.25) is 0 Å². The van der Waals surface area contributed by atoms with Crippen molar-refractivity contribution in [3.8, 4) is 5.69 Å². The number of fused-ring (bicyclic) bond motifs is 3. The van der Waals surface area contributed by atoms with Crippen molar-refractivity contribution < 1.29 is 4.39 Å². The van der Waals surface area contributed by atoms with Crippen LogP contribution in [-0.4, -0.2) is 15.0 Å². The van der Waals surface area contributed by atoms with Crippen molar-refractivity contribution in [1.82, 2.24) is 15.0 Å². The fourth-order valence-electron chi connectivity index (χ4n) is 2.71. The predicted molar refractivity (Wildman–Crippen MR) is 77.6 cm³/mol. The first-order valence-corrected chi connectivity index (χ1v) is 6.79. The number of aromatic nitrogens is 3. The number of hydrogen-bond donors (Lipinski definition) is 0. The first-order valence-electron chi connectivity index (χ1n) is 6.79. The zero-order valence-corrected chi connectivity index (χ0v) is 11.3. The van der Waals surface area contributed by atoms with E-state index in [0.29, 0.717) is 6.54 Å². The maximum Gasteiger partial charge on any atom is 0.123 e. The molecule has 0 spiro atoms. The third kappa shape index (κ3) is 2.07. The lowest BCUT2D eigenvalue weighted by Gasteiger charge is -2.22. The number of benzene rings is 2. The topological polar surface area (TPSA) is 34.0 Å². The highest BCUT2D eigenvalue weighted by Gasteiger charge is 2.20. The summed E-state index contributed by atoms with van der Waals surface area (Å²) >= 11 is 0. The monoisotopic (exact) mass is 280 g/mol. The van der Waals surface area contributed by atoms with Crippen LogP contribution in [0.4, 0.5) is 10.1 Å². The molecule has 1 aromatic heterocycles. The Hall–Kier alpha value is -2.69.